The average molecular weight is 290 g/mol. The zero-order chi connectivity index (χ0) is 13.3. The molecule has 0 aliphatic heterocycles. The number of hydrogen-bond acceptors (Lipinski definition) is 4. The molecule has 0 radical (unpaired) electrons. The minimum absolute atomic E-state index is 0.365. The van der Waals surface area contributed by atoms with Gasteiger partial charge < -0.3 is 0 Å². The van der Waals surface area contributed by atoms with Crippen molar-refractivity contribution < 1.29 is 25.8 Å². The van der Waals surface area contributed by atoms with E-state index in [0.29, 0.717) is 6.07 Å². The summed E-state index contributed by atoms with van der Waals surface area (Å²) in [6.07, 6.45) is -3.94. The van der Waals surface area contributed by atoms with Crippen molar-refractivity contribution >= 4 is 21.7 Å². The normalized spacial score (nSPS) is 12.8. The van der Waals surface area contributed by atoms with E-state index in [0.717, 1.165) is 13.3 Å². The molecule has 1 rings (SSSR count). The maximum absolute atomic E-state index is 12.6. The van der Waals surface area contributed by atoms with Gasteiger partial charge >= 0.3 is 6.18 Å². The first-order valence-electron chi connectivity index (χ1n) is 4.15. The number of aromatic nitrogens is 1. The first-order chi connectivity index (χ1) is 7.65. The summed E-state index contributed by atoms with van der Waals surface area (Å²) < 4.78 is 64.0. The lowest BCUT2D eigenvalue weighted by molar-refractivity contribution is -0.138. The van der Waals surface area contributed by atoms with E-state index in [1.54, 1.807) is 0 Å². The molecule has 17 heavy (non-hydrogen) atoms. The second-order valence-corrected chi connectivity index (χ2v) is 5.16. The summed E-state index contributed by atoms with van der Waals surface area (Å²) in [5, 5.41) is -0.365. The fourth-order valence-corrected chi connectivity index (χ4v) is 1.97. The molecule has 9 heteroatoms. The highest BCUT2D eigenvalue weighted by atomic mass is 35.5. The fraction of sp³-hybridized carbons (Fsp3) is 0.375. The van der Waals surface area contributed by atoms with Crippen LogP contribution in [0.5, 0.6) is 0 Å². The van der Waals surface area contributed by atoms with Gasteiger partial charge in [0.15, 0.2) is 0 Å². The van der Waals surface area contributed by atoms with Crippen LogP contribution in [0.1, 0.15) is 11.1 Å². The van der Waals surface area contributed by atoms with Crippen LogP contribution in [0, 0.1) is 0 Å². The van der Waals surface area contributed by atoms with Crippen molar-refractivity contribution in [1.29, 1.82) is 0 Å². The van der Waals surface area contributed by atoms with Crippen molar-refractivity contribution in [3.63, 3.8) is 0 Å². The smallest absolute Gasteiger partial charge is 0.273 e. The molecule has 0 aliphatic carbocycles. The molecule has 1 heterocycles. The predicted octanol–water partition coefficient (Wildman–Crippen LogP) is 2.23. The molecular weight excluding hydrogens is 283 g/mol. The molecule has 0 fully saturated rings. The number of pyridine rings is 1. The number of nitrogens with zero attached hydrogens (tertiary/aromatic N) is 1. The molecule has 0 spiro atoms. The van der Waals surface area contributed by atoms with Gasteiger partial charge in [-0.1, -0.05) is 11.6 Å². The molecule has 0 saturated carbocycles. The topological polar surface area (TPSA) is 56.3 Å². The lowest BCUT2D eigenvalue weighted by atomic mass is 10.1. The van der Waals surface area contributed by atoms with Crippen LogP contribution >= 0.6 is 11.6 Å². The third-order valence-corrected chi connectivity index (χ3v) is 3.22. The highest BCUT2D eigenvalue weighted by molar-refractivity contribution is 7.85. The number of hydrogen-bond donors (Lipinski definition) is 0. The van der Waals surface area contributed by atoms with Gasteiger partial charge in [0.05, 0.1) is 12.7 Å². The zero-order valence-electron chi connectivity index (χ0n) is 8.45. The molecule has 0 saturated heterocycles. The van der Waals surface area contributed by atoms with Crippen LogP contribution in [0.3, 0.4) is 0 Å². The minimum atomic E-state index is -4.70. The lowest BCUT2D eigenvalue weighted by Gasteiger charge is -2.12. The van der Waals surface area contributed by atoms with E-state index >= 15 is 0 Å². The summed E-state index contributed by atoms with van der Waals surface area (Å²) in [5.74, 6) is -0.914. The Morgan fingerprint density at radius 2 is 2.06 bits per heavy atom. The number of alkyl halides is 3. The Morgan fingerprint density at radius 1 is 1.47 bits per heavy atom. The van der Waals surface area contributed by atoms with Gasteiger partial charge in [0, 0.05) is 11.8 Å². The van der Waals surface area contributed by atoms with Gasteiger partial charge in [-0.2, -0.15) is 21.6 Å². The van der Waals surface area contributed by atoms with Crippen molar-refractivity contribution in [3.8, 4) is 0 Å². The van der Waals surface area contributed by atoms with Crippen LogP contribution in [0.25, 0.3) is 0 Å². The van der Waals surface area contributed by atoms with Crippen molar-refractivity contribution in [1.82, 2.24) is 4.98 Å². The monoisotopic (exact) mass is 289 g/mol. The van der Waals surface area contributed by atoms with Crippen LogP contribution in [0.2, 0.25) is 5.15 Å². The molecule has 1 aromatic rings. The van der Waals surface area contributed by atoms with Gasteiger partial charge in [-0.25, -0.2) is 4.98 Å². The molecule has 4 nitrogen and oxygen atoms in total. The van der Waals surface area contributed by atoms with E-state index in [2.05, 4.69) is 9.17 Å². The molecule has 0 N–H and O–H groups in total. The molecule has 0 amide bonds. The molecule has 0 bridgehead atoms. The minimum Gasteiger partial charge on any atom is -0.273 e. The van der Waals surface area contributed by atoms with Crippen molar-refractivity contribution in [2.75, 3.05) is 7.11 Å². The van der Waals surface area contributed by atoms with E-state index in [9.17, 15) is 21.6 Å². The Bertz CT molecular complexity index is 515. The SMILES string of the molecule is COS(=O)(=O)Cc1cnc(Cl)cc1C(F)(F)F. The summed E-state index contributed by atoms with van der Waals surface area (Å²) in [4.78, 5) is 3.42. The standard InChI is InChI=1S/C8H7ClF3NO3S/c1-16-17(14,15)4-5-3-13-7(9)2-6(5)8(10,11)12/h2-3H,4H2,1H3. The second kappa shape index (κ2) is 4.79. The first-order valence-corrected chi connectivity index (χ1v) is 6.11. The zero-order valence-corrected chi connectivity index (χ0v) is 10.0. The predicted molar refractivity (Wildman–Crippen MR) is 53.9 cm³/mol. The van der Waals surface area contributed by atoms with Gasteiger partial charge in [0.25, 0.3) is 10.1 Å². The first kappa shape index (κ1) is 14.2. The lowest BCUT2D eigenvalue weighted by Crippen LogP contribution is -2.14. The average Bonchev–Trinajstić information content (AvgIpc) is 2.19. The maximum Gasteiger partial charge on any atom is 0.416 e. The Hall–Kier alpha value is -0.860. The van der Waals surface area contributed by atoms with E-state index in [1.165, 1.54) is 0 Å². The van der Waals surface area contributed by atoms with E-state index in [1.807, 2.05) is 0 Å². The van der Waals surface area contributed by atoms with Gasteiger partial charge in [-0.3, -0.25) is 4.18 Å². The van der Waals surface area contributed by atoms with Gasteiger partial charge in [0.2, 0.25) is 0 Å². The molecular formula is C8H7ClF3NO3S. The molecule has 0 atom stereocenters. The van der Waals surface area contributed by atoms with Crippen LogP contribution in [0.4, 0.5) is 13.2 Å². The Kier molecular flexibility index (Phi) is 4.00. The molecule has 96 valence electrons. The summed E-state index contributed by atoms with van der Waals surface area (Å²) in [6, 6.07) is 0.571. The van der Waals surface area contributed by atoms with Gasteiger partial charge in [-0.15, -0.1) is 0 Å². The van der Waals surface area contributed by atoms with Crippen LogP contribution in [0.15, 0.2) is 12.3 Å². The maximum atomic E-state index is 12.6. The van der Waals surface area contributed by atoms with Crippen LogP contribution in [-0.4, -0.2) is 20.5 Å². The summed E-state index contributed by atoms with van der Waals surface area (Å²) in [6.45, 7) is 0. The highest BCUT2D eigenvalue weighted by Crippen LogP contribution is 2.33. The Balaban J connectivity index is 3.26. The molecule has 0 unspecified atom stereocenters. The second-order valence-electron chi connectivity index (χ2n) is 3.03. The van der Waals surface area contributed by atoms with Crippen molar-refractivity contribution in [2.45, 2.75) is 11.9 Å². The Labute approximate surface area is 100 Å². The van der Waals surface area contributed by atoms with Crippen molar-refractivity contribution in [3.05, 3.63) is 28.5 Å². The largest absolute Gasteiger partial charge is 0.416 e. The molecule has 0 aromatic carbocycles. The number of halogens is 4. The Morgan fingerprint density at radius 3 is 2.53 bits per heavy atom. The fourth-order valence-electron chi connectivity index (χ4n) is 1.09. The quantitative estimate of drug-likeness (QED) is 0.632. The van der Waals surface area contributed by atoms with Crippen molar-refractivity contribution in [2.24, 2.45) is 0 Å². The highest BCUT2D eigenvalue weighted by Gasteiger charge is 2.35. The van der Waals surface area contributed by atoms with Crippen LogP contribution in [-0.2, 0) is 26.2 Å². The summed E-state index contributed by atoms with van der Waals surface area (Å²) in [7, 11) is -3.18. The van der Waals surface area contributed by atoms with Gasteiger partial charge in [-0.05, 0) is 6.07 Å². The third kappa shape index (κ3) is 3.83. The summed E-state index contributed by atoms with van der Waals surface area (Å²) >= 11 is 5.34. The van der Waals surface area contributed by atoms with E-state index < -0.39 is 33.2 Å². The van der Waals surface area contributed by atoms with Crippen LogP contribution < -0.4 is 0 Å². The summed E-state index contributed by atoms with van der Waals surface area (Å²) in [5.41, 5.74) is -1.65. The molecule has 0 aliphatic rings. The third-order valence-electron chi connectivity index (χ3n) is 1.84. The van der Waals surface area contributed by atoms with E-state index in [-0.39, 0.29) is 5.15 Å². The number of rotatable bonds is 3. The molecule has 1 aromatic heterocycles. The van der Waals surface area contributed by atoms with E-state index in [4.69, 9.17) is 11.6 Å². The van der Waals surface area contributed by atoms with Gasteiger partial charge in [0.1, 0.15) is 10.9 Å².